The summed E-state index contributed by atoms with van der Waals surface area (Å²) < 4.78 is 1.15. The molecule has 1 heterocycles. The van der Waals surface area contributed by atoms with Crippen molar-refractivity contribution in [1.29, 1.82) is 0 Å². The summed E-state index contributed by atoms with van der Waals surface area (Å²) in [5, 5.41) is 0.701. The number of halogens is 1. The van der Waals surface area contributed by atoms with Crippen LogP contribution in [-0.2, 0) is 4.79 Å². The van der Waals surface area contributed by atoms with E-state index < -0.39 is 0 Å². The maximum atomic E-state index is 11.0. The molecular weight excluding hydrogens is 333 g/mol. The van der Waals surface area contributed by atoms with Gasteiger partial charge in [0, 0.05) is 6.92 Å². The van der Waals surface area contributed by atoms with Gasteiger partial charge in [-0.25, -0.2) is 0 Å². The number of rotatable bonds is 3. The first-order valence-electron chi connectivity index (χ1n) is 5.95. The van der Waals surface area contributed by atoms with Gasteiger partial charge in [0.1, 0.15) is 0 Å². The monoisotopic (exact) mass is 357 g/mol. The van der Waals surface area contributed by atoms with Gasteiger partial charge in [-0.15, -0.1) is 0 Å². The summed E-state index contributed by atoms with van der Waals surface area (Å²) in [5.74, 6) is 0. The van der Waals surface area contributed by atoms with Crippen molar-refractivity contribution in [2.24, 2.45) is 0 Å². The molecule has 0 amide bonds. The molecular formula is C12H24INOS. The minimum Gasteiger partial charge on any atom is -1.00 e. The molecule has 4 heteroatoms. The molecule has 0 aromatic carbocycles. The highest BCUT2D eigenvalue weighted by atomic mass is 127. The van der Waals surface area contributed by atoms with Crippen molar-refractivity contribution >= 4 is 16.9 Å². The predicted octanol–water partition coefficient (Wildman–Crippen LogP) is -0.322. The van der Waals surface area contributed by atoms with Crippen molar-refractivity contribution in [1.82, 2.24) is 0 Å². The quantitative estimate of drug-likeness (QED) is 0.509. The van der Waals surface area contributed by atoms with E-state index in [0.29, 0.717) is 5.25 Å². The molecule has 1 aliphatic heterocycles. The first-order chi connectivity index (χ1) is 6.94. The van der Waals surface area contributed by atoms with Crippen molar-refractivity contribution in [3.8, 4) is 0 Å². The topological polar surface area (TPSA) is 17.1 Å². The smallest absolute Gasteiger partial charge is 0.186 e. The summed E-state index contributed by atoms with van der Waals surface area (Å²) >= 11 is 1.49. The van der Waals surface area contributed by atoms with Gasteiger partial charge < -0.3 is 28.5 Å². The summed E-state index contributed by atoms with van der Waals surface area (Å²) in [6.45, 7) is 8.61. The van der Waals surface area contributed by atoms with Crippen LogP contribution in [0.1, 0.15) is 40.0 Å². The van der Waals surface area contributed by atoms with E-state index in [1.54, 1.807) is 6.92 Å². The van der Waals surface area contributed by atoms with Crippen LogP contribution < -0.4 is 24.0 Å². The van der Waals surface area contributed by atoms with Crippen LogP contribution in [0, 0.1) is 0 Å². The zero-order valence-corrected chi connectivity index (χ0v) is 13.8. The van der Waals surface area contributed by atoms with Gasteiger partial charge in [-0.3, -0.25) is 4.79 Å². The lowest BCUT2D eigenvalue weighted by molar-refractivity contribution is -0.935. The molecule has 3 atom stereocenters. The molecule has 0 aromatic heterocycles. The largest absolute Gasteiger partial charge is 1.00 e. The molecule has 2 nitrogen and oxygen atoms in total. The Hall–Kier alpha value is 0.710. The van der Waals surface area contributed by atoms with Gasteiger partial charge in [0.2, 0.25) is 0 Å². The lowest BCUT2D eigenvalue weighted by Crippen LogP contribution is -3.00. The van der Waals surface area contributed by atoms with Gasteiger partial charge in [-0.1, -0.05) is 11.8 Å². The highest BCUT2D eigenvalue weighted by Gasteiger charge is 2.33. The molecule has 1 aliphatic rings. The molecule has 1 fully saturated rings. The van der Waals surface area contributed by atoms with Crippen LogP contribution >= 0.6 is 11.8 Å². The third-order valence-electron chi connectivity index (χ3n) is 3.65. The number of quaternary nitrogens is 1. The zero-order chi connectivity index (χ0) is 11.5. The lowest BCUT2D eigenvalue weighted by atomic mass is 10.0. The molecule has 16 heavy (non-hydrogen) atoms. The van der Waals surface area contributed by atoms with Crippen LogP contribution in [0.2, 0.25) is 0 Å². The van der Waals surface area contributed by atoms with Crippen molar-refractivity contribution < 1.29 is 33.3 Å². The maximum absolute atomic E-state index is 11.0. The number of nitrogens with zero attached hydrogens (tertiary/aromatic N) is 1. The van der Waals surface area contributed by atoms with Crippen LogP contribution in [0.3, 0.4) is 0 Å². The third kappa shape index (κ3) is 4.92. The fraction of sp³-hybridized carbons (Fsp3) is 0.917. The molecule has 0 radical (unpaired) electrons. The van der Waals surface area contributed by atoms with E-state index in [9.17, 15) is 4.79 Å². The summed E-state index contributed by atoms with van der Waals surface area (Å²) in [4.78, 5) is 11.0. The number of hydrogen-bond acceptors (Lipinski definition) is 2. The molecule has 96 valence electrons. The molecule has 1 saturated heterocycles. The Bertz CT molecular complexity index is 237. The normalized spacial score (nSPS) is 31.6. The van der Waals surface area contributed by atoms with E-state index >= 15 is 0 Å². The average Bonchev–Trinajstić information content (AvgIpc) is 2.08. The fourth-order valence-corrected chi connectivity index (χ4v) is 3.61. The fourth-order valence-electron chi connectivity index (χ4n) is 2.62. The average molecular weight is 357 g/mol. The summed E-state index contributed by atoms with van der Waals surface area (Å²) in [6.07, 6.45) is 4.06. The zero-order valence-electron chi connectivity index (χ0n) is 10.8. The number of carbonyl (C=O) groups excluding carboxylic acids is 1. The van der Waals surface area contributed by atoms with E-state index in [-0.39, 0.29) is 29.1 Å². The third-order valence-corrected chi connectivity index (χ3v) is 4.53. The molecule has 0 aromatic rings. The number of piperidine rings is 1. The van der Waals surface area contributed by atoms with Gasteiger partial charge in [0.05, 0.1) is 31.4 Å². The Morgan fingerprint density at radius 2 is 2.12 bits per heavy atom. The minimum atomic E-state index is 0. The Morgan fingerprint density at radius 3 is 2.62 bits per heavy atom. The Labute approximate surface area is 121 Å². The number of thioether (sulfide) groups is 1. The molecule has 0 N–H and O–H groups in total. The number of carbonyl (C=O) groups is 1. The van der Waals surface area contributed by atoms with Crippen LogP contribution in [0.4, 0.5) is 0 Å². The van der Waals surface area contributed by atoms with E-state index in [1.165, 1.54) is 37.6 Å². The molecule has 0 bridgehead atoms. The first-order valence-corrected chi connectivity index (χ1v) is 6.83. The molecule has 3 unspecified atom stereocenters. The van der Waals surface area contributed by atoms with Gasteiger partial charge >= 0.3 is 0 Å². The van der Waals surface area contributed by atoms with Crippen LogP contribution in [0.15, 0.2) is 0 Å². The second kappa shape index (κ2) is 7.21. The number of hydrogen-bond donors (Lipinski definition) is 0. The van der Waals surface area contributed by atoms with Crippen LogP contribution in [0.25, 0.3) is 0 Å². The summed E-state index contributed by atoms with van der Waals surface area (Å²) in [6, 6.07) is 0.758. The predicted molar refractivity (Wildman–Crippen MR) is 67.0 cm³/mol. The SMILES string of the molecule is CC(=O)SC(C)C[N+]1(C)CCCCC1C.[I-]. The summed E-state index contributed by atoms with van der Waals surface area (Å²) in [7, 11) is 2.35. The Kier molecular flexibility index (Phi) is 7.53. The van der Waals surface area contributed by atoms with E-state index in [1.807, 2.05) is 0 Å². The van der Waals surface area contributed by atoms with Crippen LogP contribution in [-0.4, -0.2) is 41.0 Å². The van der Waals surface area contributed by atoms with E-state index in [0.717, 1.165) is 17.1 Å². The molecule has 0 spiro atoms. The molecule has 0 saturated carbocycles. The second-order valence-corrected chi connectivity index (χ2v) is 6.77. The molecule has 1 rings (SSSR count). The maximum Gasteiger partial charge on any atom is 0.186 e. The Balaban J connectivity index is 0.00000225. The van der Waals surface area contributed by atoms with E-state index in [2.05, 4.69) is 20.9 Å². The molecule has 0 aliphatic carbocycles. The minimum absolute atomic E-state index is 0. The van der Waals surface area contributed by atoms with Gasteiger partial charge in [0.15, 0.2) is 5.12 Å². The highest BCUT2D eigenvalue weighted by molar-refractivity contribution is 8.14. The standard InChI is InChI=1S/C12H24NOS.HI/c1-10-7-5-6-8-13(10,4)9-11(2)15-12(3)14;/h10-11H,5-9H2,1-4H3;1H/q+1;/p-1. The van der Waals surface area contributed by atoms with Gasteiger partial charge in [0.25, 0.3) is 0 Å². The van der Waals surface area contributed by atoms with Crippen molar-refractivity contribution in [3.63, 3.8) is 0 Å². The van der Waals surface area contributed by atoms with Crippen molar-refractivity contribution in [2.75, 3.05) is 20.1 Å². The second-order valence-electron chi connectivity index (χ2n) is 5.15. The van der Waals surface area contributed by atoms with Crippen LogP contribution in [0.5, 0.6) is 0 Å². The van der Waals surface area contributed by atoms with Crippen molar-refractivity contribution in [3.05, 3.63) is 0 Å². The highest BCUT2D eigenvalue weighted by Crippen LogP contribution is 2.26. The van der Waals surface area contributed by atoms with Crippen molar-refractivity contribution in [2.45, 2.75) is 51.3 Å². The van der Waals surface area contributed by atoms with Gasteiger partial charge in [-0.05, 0) is 33.1 Å². The number of likely N-dealkylation sites (tertiary alicyclic amines) is 1. The lowest BCUT2D eigenvalue weighted by Gasteiger charge is -2.44. The summed E-state index contributed by atoms with van der Waals surface area (Å²) in [5.41, 5.74) is 0. The van der Waals surface area contributed by atoms with Gasteiger partial charge in [-0.2, -0.15) is 0 Å². The van der Waals surface area contributed by atoms with E-state index in [4.69, 9.17) is 0 Å². The first kappa shape index (κ1) is 16.7. The Morgan fingerprint density at radius 1 is 1.50 bits per heavy atom.